The molecule has 0 saturated carbocycles. The van der Waals surface area contributed by atoms with Crippen molar-refractivity contribution in [2.75, 3.05) is 16.8 Å². The predicted octanol–water partition coefficient (Wildman–Crippen LogP) is 2.58. The second-order valence-corrected chi connectivity index (χ2v) is 4.87. The highest BCUT2D eigenvalue weighted by molar-refractivity contribution is 9.10. The van der Waals surface area contributed by atoms with E-state index in [0.717, 1.165) is 10.0 Å². The molecule has 18 heavy (non-hydrogen) atoms. The van der Waals surface area contributed by atoms with Crippen molar-refractivity contribution in [2.24, 2.45) is 0 Å². The van der Waals surface area contributed by atoms with Gasteiger partial charge in [-0.1, -0.05) is 28.1 Å². The summed E-state index contributed by atoms with van der Waals surface area (Å²) in [5.74, 6) is 1.14. The number of anilines is 3. The van der Waals surface area contributed by atoms with E-state index in [9.17, 15) is 0 Å². The highest BCUT2D eigenvalue weighted by atomic mass is 79.9. The summed E-state index contributed by atoms with van der Waals surface area (Å²) in [5.41, 5.74) is 12.3. The van der Waals surface area contributed by atoms with Gasteiger partial charge in [0.15, 0.2) is 0 Å². The van der Waals surface area contributed by atoms with E-state index in [0.29, 0.717) is 11.6 Å². The van der Waals surface area contributed by atoms with Crippen molar-refractivity contribution in [1.82, 2.24) is 9.97 Å². The van der Waals surface area contributed by atoms with Crippen LogP contribution in [0.4, 0.5) is 17.6 Å². The number of hydrogen-bond donors (Lipinski definition) is 3. The predicted molar refractivity (Wildman–Crippen MR) is 77.0 cm³/mol. The van der Waals surface area contributed by atoms with Gasteiger partial charge >= 0.3 is 0 Å². The lowest BCUT2D eigenvalue weighted by Gasteiger charge is -2.15. The summed E-state index contributed by atoms with van der Waals surface area (Å²) < 4.78 is 1.05. The third-order valence-corrected chi connectivity index (χ3v) is 3.03. The number of nitrogens with zero attached hydrogens (tertiary/aromatic N) is 2. The van der Waals surface area contributed by atoms with Crippen molar-refractivity contribution in [3.8, 4) is 0 Å². The molecule has 0 bridgehead atoms. The van der Waals surface area contributed by atoms with Crippen LogP contribution in [-0.2, 0) is 0 Å². The molecule has 5 nitrogen and oxygen atoms in total. The van der Waals surface area contributed by atoms with Gasteiger partial charge in [0.2, 0.25) is 5.95 Å². The molecule has 0 amide bonds. The minimum absolute atomic E-state index is 0.104. The second kappa shape index (κ2) is 5.22. The zero-order valence-electron chi connectivity index (χ0n) is 9.89. The quantitative estimate of drug-likeness (QED) is 0.811. The van der Waals surface area contributed by atoms with Gasteiger partial charge < -0.3 is 16.8 Å². The van der Waals surface area contributed by atoms with Crippen molar-refractivity contribution in [3.05, 3.63) is 40.4 Å². The average Bonchev–Trinajstić information content (AvgIpc) is 2.28. The van der Waals surface area contributed by atoms with Gasteiger partial charge in [-0.05, 0) is 24.6 Å². The van der Waals surface area contributed by atoms with Gasteiger partial charge in [-0.25, -0.2) is 0 Å². The normalized spacial score (nSPS) is 12.1. The Morgan fingerprint density at radius 2 is 1.83 bits per heavy atom. The van der Waals surface area contributed by atoms with Gasteiger partial charge in [-0.2, -0.15) is 9.97 Å². The fraction of sp³-hybridized carbons (Fsp3) is 0.167. The van der Waals surface area contributed by atoms with Crippen LogP contribution < -0.4 is 16.8 Å². The van der Waals surface area contributed by atoms with E-state index >= 15 is 0 Å². The van der Waals surface area contributed by atoms with Crippen LogP contribution in [0.25, 0.3) is 0 Å². The highest BCUT2D eigenvalue weighted by Gasteiger charge is 2.07. The van der Waals surface area contributed by atoms with Crippen LogP contribution in [0.3, 0.4) is 0 Å². The minimum Gasteiger partial charge on any atom is -0.383 e. The van der Waals surface area contributed by atoms with Crippen LogP contribution in [-0.4, -0.2) is 9.97 Å². The minimum atomic E-state index is 0.104. The maximum atomic E-state index is 5.62. The monoisotopic (exact) mass is 307 g/mol. The third kappa shape index (κ3) is 3.10. The van der Waals surface area contributed by atoms with E-state index < -0.39 is 0 Å². The van der Waals surface area contributed by atoms with Gasteiger partial charge in [0.1, 0.15) is 11.6 Å². The molecule has 0 saturated heterocycles. The number of hydrogen-bond acceptors (Lipinski definition) is 5. The molecule has 1 aromatic carbocycles. The molecule has 0 spiro atoms. The van der Waals surface area contributed by atoms with Crippen LogP contribution in [0, 0.1) is 0 Å². The number of aromatic nitrogens is 2. The summed E-state index contributed by atoms with van der Waals surface area (Å²) >= 11 is 3.41. The second-order valence-electron chi connectivity index (χ2n) is 3.95. The Kier molecular flexibility index (Phi) is 3.66. The van der Waals surface area contributed by atoms with Gasteiger partial charge in [-0.15, -0.1) is 0 Å². The van der Waals surface area contributed by atoms with Crippen molar-refractivity contribution in [2.45, 2.75) is 13.0 Å². The zero-order chi connectivity index (χ0) is 13.1. The first kappa shape index (κ1) is 12.6. The van der Waals surface area contributed by atoms with Crippen molar-refractivity contribution in [1.29, 1.82) is 0 Å². The fourth-order valence-corrected chi connectivity index (χ4v) is 1.88. The summed E-state index contributed by atoms with van der Waals surface area (Å²) in [6.45, 7) is 2.04. The topological polar surface area (TPSA) is 89.8 Å². The lowest BCUT2D eigenvalue weighted by atomic mass is 10.1. The number of benzene rings is 1. The molecule has 1 atom stereocenters. The summed E-state index contributed by atoms with van der Waals surface area (Å²) in [4.78, 5) is 7.91. The maximum absolute atomic E-state index is 5.62. The largest absolute Gasteiger partial charge is 0.383 e. The average molecular weight is 308 g/mol. The van der Waals surface area contributed by atoms with Crippen LogP contribution in [0.2, 0.25) is 0 Å². The van der Waals surface area contributed by atoms with E-state index in [1.54, 1.807) is 6.07 Å². The SMILES string of the molecule is CC(Nc1cc(N)nc(N)n1)c1ccc(Br)cc1. The molecule has 0 aliphatic rings. The van der Waals surface area contributed by atoms with Crippen LogP contribution >= 0.6 is 15.9 Å². The summed E-state index contributed by atoms with van der Waals surface area (Å²) in [7, 11) is 0. The molecule has 6 heteroatoms. The first-order valence-electron chi connectivity index (χ1n) is 5.46. The zero-order valence-corrected chi connectivity index (χ0v) is 11.5. The molecule has 2 aromatic rings. The molecular formula is C12H14BrN5. The number of nitrogen functional groups attached to an aromatic ring is 2. The Morgan fingerprint density at radius 1 is 1.17 bits per heavy atom. The van der Waals surface area contributed by atoms with Gasteiger partial charge in [0, 0.05) is 16.6 Å². The summed E-state index contributed by atoms with van der Waals surface area (Å²) in [6.07, 6.45) is 0. The molecule has 1 heterocycles. The molecule has 0 radical (unpaired) electrons. The van der Waals surface area contributed by atoms with E-state index in [4.69, 9.17) is 11.5 Å². The van der Waals surface area contributed by atoms with E-state index in [2.05, 4.69) is 31.2 Å². The maximum Gasteiger partial charge on any atom is 0.223 e. The highest BCUT2D eigenvalue weighted by Crippen LogP contribution is 2.21. The molecule has 2 rings (SSSR count). The van der Waals surface area contributed by atoms with Crippen molar-refractivity contribution >= 4 is 33.5 Å². The molecule has 1 unspecified atom stereocenters. The smallest absolute Gasteiger partial charge is 0.223 e. The van der Waals surface area contributed by atoms with E-state index in [1.165, 1.54) is 0 Å². The first-order valence-corrected chi connectivity index (χ1v) is 6.26. The summed E-state index contributed by atoms with van der Waals surface area (Å²) in [5, 5.41) is 3.23. The number of nitrogens with one attached hydrogen (secondary N) is 1. The lowest BCUT2D eigenvalue weighted by Crippen LogP contribution is -2.10. The van der Waals surface area contributed by atoms with E-state index in [-0.39, 0.29) is 12.0 Å². The van der Waals surface area contributed by atoms with Crippen LogP contribution in [0.15, 0.2) is 34.8 Å². The number of nitrogens with two attached hydrogens (primary N) is 2. The number of halogens is 1. The molecule has 94 valence electrons. The summed E-state index contributed by atoms with van der Waals surface area (Å²) in [6, 6.07) is 9.83. The third-order valence-electron chi connectivity index (χ3n) is 2.50. The lowest BCUT2D eigenvalue weighted by molar-refractivity contribution is 0.873. The fourth-order valence-electron chi connectivity index (χ4n) is 1.62. The molecule has 0 aliphatic heterocycles. The molecular weight excluding hydrogens is 294 g/mol. The Balaban J connectivity index is 2.15. The van der Waals surface area contributed by atoms with Crippen molar-refractivity contribution < 1.29 is 0 Å². The molecule has 5 N–H and O–H groups in total. The standard InChI is InChI=1S/C12H14BrN5/c1-7(8-2-4-9(13)5-3-8)16-11-6-10(14)17-12(15)18-11/h2-7H,1H3,(H5,14,15,16,17,18). The van der Waals surface area contributed by atoms with Crippen LogP contribution in [0.1, 0.15) is 18.5 Å². The van der Waals surface area contributed by atoms with Gasteiger partial charge in [0.05, 0.1) is 0 Å². The number of rotatable bonds is 3. The van der Waals surface area contributed by atoms with Gasteiger partial charge in [0.25, 0.3) is 0 Å². The van der Waals surface area contributed by atoms with E-state index in [1.807, 2.05) is 31.2 Å². The Labute approximate surface area is 114 Å². The Bertz CT molecular complexity index is 520. The Hall–Kier alpha value is -1.82. The van der Waals surface area contributed by atoms with Crippen molar-refractivity contribution in [3.63, 3.8) is 0 Å². The molecule has 0 aliphatic carbocycles. The molecule has 0 fully saturated rings. The first-order chi connectivity index (χ1) is 8.54. The van der Waals surface area contributed by atoms with Gasteiger partial charge in [-0.3, -0.25) is 0 Å². The Morgan fingerprint density at radius 3 is 2.44 bits per heavy atom. The van der Waals surface area contributed by atoms with Crippen LogP contribution in [0.5, 0.6) is 0 Å². The molecule has 1 aromatic heterocycles.